The maximum atomic E-state index is 2.57. The molecule has 0 saturated heterocycles. The predicted octanol–water partition coefficient (Wildman–Crippen LogP) is 14.0. The SMILES string of the molecule is c1ccc(-c2ccc(-n3c4ccccc4c4ccc(-n5c6ccccc6c6c([Si](c7ccccc7)(c7ccccc7)c7ccccc7)cc(-n7c8ccccc8c8ccccc87)cc65)cc43)cc2)cc1. The zero-order valence-electron chi connectivity index (χ0n) is 38.3. The molecular weight excluding hydrogens is 863 g/mol. The highest BCUT2D eigenvalue weighted by atomic mass is 28.3. The van der Waals surface area contributed by atoms with Gasteiger partial charge in [-0.1, -0.05) is 212 Å². The summed E-state index contributed by atoms with van der Waals surface area (Å²) >= 11 is 0. The molecule has 0 fully saturated rings. The summed E-state index contributed by atoms with van der Waals surface area (Å²) in [5, 5.41) is 12.8. The molecule has 3 aromatic heterocycles. The number of hydrogen-bond donors (Lipinski definition) is 0. The Kier molecular flexibility index (Phi) is 9.23. The molecule has 11 aromatic carbocycles. The summed E-state index contributed by atoms with van der Waals surface area (Å²) < 4.78 is 7.51. The molecule has 4 heteroatoms. The fourth-order valence-electron chi connectivity index (χ4n) is 11.8. The molecule has 0 spiro atoms. The van der Waals surface area contributed by atoms with E-state index in [1.54, 1.807) is 0 Å². The van der Waals surface area contributed by atoms with Gasteiger partial charge >= 0.3 is 0 Å². The van der Waals surface area contributed by atoms with E-state index in [-0.39, 0.29) is 0 Å². The third-order valence-electron chi connectivity index (χ3n) is 14.8. The summed E-state index contributed by atoms with van der Waals surface area (Å²) in [6.07, 6.45) is 0. The van der Waals surface area contributed by atoms with Gasteiger partial charge in [0.25, 0.3) is 0 Å². The lowest BCUT2D eigenvalue weighted by molar-refractivity contribution is 1.15. The Bertz CT molecular complexity index is 4110. The molecule has 0 aliphatic heterocycles. The van der Waals surface area contributed by atoms with Gasteiger partial charge in [-0.3, -0.25) is 0 Å². The third-order valence-corrected chi connectivity index (χ3v) is 19.6. The van der Waals surface area contributed by atoms with E-state index in [2.05, 4.69) is 287 Å². The van der Waals surface area contributed by atoms with Crippen molar-refractivity contribution in [3.63, 3.8) is 0 Å². The highest BCUT2D eigenvalue weighted by Crippen LogP contribution is 2.40. The third kappa shape index (κ3) is 6.00. The van der Waals surface area contributed by atoms with Crippen molar-refractivity contribution < 1.29 is 0 Å². The Hall–Kier alpha value is -8.96. The smallest absolute Gasteiger partial charge is 0.180 e. The number of rotatable bonds is 8. The van der Waals surface area contributed by atoms with Crippen molar-refractivity contribution in [3.05, 3.63) is 273 Å². The molecule has 328 valence electrons. The van der Waals surface area contributed by atoms with Crippen molar-refractivity contribution in [3.8, 4) is 28.2 Å². The van der Waals surface area contributed by atoms with E-state index in [0.717, 1.165) is 22.6 Å². The Morgan fingerprint density at radius 3 is 1.10 bits per heavy atom. The van der Waals surface area contributed by atoms with Gasteiger partial charge in [0.15, 0.2) is 8.07 Å². The molecule has 0 radical (unpaired) electrons. The summed E-state index contributed by atoms with van der Waals surface area (Å²) in [4.78, 5) is 0. The molecule has 3 heterocycles. The van der Waals surface area contributed by atoms with Gasteiger partial charge in [-0.2, -0.15) is 0 Å². The Labute approximate surface area is 407 Å². The van der Waals surface area contributed by atoms with E-state index < -0.39 is 8.07 Å². The van der Waals surface area contributed by atoms with E-state index in [1.807, 2.05) is 0 Å². The Morgan fingerprint density at radius 2 is 0.586 bits per heavy atom. The van der Waals surface area contributed by atoms with Gasteiger partial charge in [-0.05, 0) is 92.5 Å². The standard InChI is InChI=1S/C66H45N3Si/c1-5-21-46(22-6-1)47-37-39-48(40-38-47)67-59-33-17-15-31-56(59)57-42-41-49(43-63(57)67)68-62-36-20-16-32-58(62)66-64(68)44-50(69-60-34-18-13-29-54(60)55-30-14-19-35-61(55)69)45-65(66)70(51-23-7-2-8-24-51,52-25-9-3-10-26-52)53-27-11-4-12-28-53/h1-45H. The molecule has 0 bridgehead atoms. The monoisotopic (exact) mass is 907 g/mol. The van der Waals surface area contributed by atoms with Crippen LogP contribution in [0.5, 0.6) is 0 Å². The highest BCUT2D eigenvalue weighted by Gasteiger charge is 2.44. The molecule has 14 aromatic rings. The Balaban J connectivity index is 1.13. The van der Waals surface area contributed by atoms with Gasteiger partial charge in [0.1, 0.15) is 0 Å². The molecule has 0 atom stereocenters. The van der Waals surface area contributed by atoms with Crippen molar-refractivity contribution in [2.45, 2.75) is 0 Å². The summed E-state index contributed by atoms with van der Waals surface area (Å²) in [5.41, 5.74) is 12.9. The lowest BCUT2D eigenvalue weighted by Crippen LogP contribution is -2.74. The maximum Gasteiger partial charge on any atom is 0.180 e. The van der Waals surface area contributed by atoms with Crippen molar-refractivity contribution in [1.29, 1.82) is 0 Å². The number of aromatic nitrogens is 3. The fourth-order valence-corrected chi connectivity index (χ4v) is 16.8. The first-order valence-corrected chi connectivity index (χ1v) is 26.2. The van der Waals surface area contributed by atoms with Gasteiger partial charge in [0.05, 0.1) is 33.1 Å². The zero-order chi connectivity index (χ0) is 46.2. The molecular formula is C66H45N3Si. The second kappa shape index (κ2) is 16.1. The summed E-state index contributed by atoms with van der Waals surface area (Å²) in [5.74, 6) is 0. The minimum atomic E-state index is -3.13. The normalized spacial score (nSPS) is 12.0. The van der Waals surface area contributed by atoms with Gasteiger partial charge in [-0.15, -0.1) is 0 Å². The molecule has 0 aliphatic rings. The second-order valence-corrected chi connectivity index (χ2v) is 22.2. The van der Waals surface area contributed by atoms with E-state index in [0.29, 0.717) is 0 Å². The lowest BCUT2D eigenvalue weighted by Gasteiger charge is -2.35. The second-order valence-electron chi connectivity index (χ2n) is 18.4. The Morgan fingerprint density at radius 1 is 0.229 bits per heavy atom. The van der Waals surface area contributed by atoms with Crippen LogP contribution in [0.1, 0.15) is 0 Å². The van der Waals surface area contributed by atoms with Crippen LogP contribution in [-0.2, 0) is 0 Å². The van der Waals surface area contributed by atoms with Crippen molar-refractivity contribution in [2.75, 3.05) is 0 Å². The van der Waals surface area contributed by atoms with Crippen LogP contribution in [0.4, 0.5) is 0 Å². The molecule has 0 amide bonds. The number of fused-ring (bicyclic) bond motifs is 9. The maximum absolute atomic E-state index is 3.13. The number of benzene rings is 11. The minimum absolute atomic E-state index is 1.11. The van der Waals surface area contributed by atoms with Crippen LogP contribution in [0, 0.1) is 0 Å². The molecule has 0 unspecified atom stereocenters. The van der Waals surface area contributed by atoms with E-state index in [1.165, 1.54) is 91.8 Å². The van der Waals surface area contributed by atoms with Crippen LogP contribution in [0.15, 0.2) is 273 Å². The summed E-state index contributed by atoms with van der Waals surface area (Å²) in [6.45, 7) is 0. The first-order valence-electron chi connectivity index (χ1n) is 24.2. The molecule has 0 aliphatic carbocycles. The number of para-hydroxylation sites is 4. The topological polar surface area (TPSA) is 14.8 Å². The van der Waals surface area contributed by atoms with E-state index >= 15 is 0 Å². The summed E-state index contributed by atoms with van der Waals surface area (Å²) in [6, 6.07) is 102. The molecule has 14 rings (SSSR count). The highest BCUT2D eigenvalue weighted by molar-refractivity contribution is 7.20. The number of nitrogens with zero attached hydrogens (tertiary/aromatic N) is 3. The average Bonchev–Trinajstić information content (AvgIpc) is 4.08. The van der Waals surface area contributed by atoms with Crippen LogP contribution >= 0.6 is 0 Å². The lowest BCUT2D eigenvalue weighted by atomic mass is 10.1. The number of hydrogen-bond acceptors (Lipinski definition) is 0. The molecule has 70 heavy (non-hydrogen) atoms. The van der Waals surface area contributed by atoms with E-state index in [9.17, 15) is 0 Å². The van der Waals surface area contributed by atoms with Crippen molar-refractivity contribution in [1.82, 2.24) is 13.7 Å². The zero-order valence-corrected chi connectivity index (χ0v) is 39.3. The van der Waals surface area contributed by atoms with Gasteiger partial charge < -0.3 is 13.7 Å². The van der Waals surface area contributed by atoms with Gasteiger partial charge in [0, 0.05) is 49.4 Å². The van der Waals surface area contributed by atoms with Crippen LogP contribution in [-0.4, -0.2) is 21.8 Å². The first kappa shape index (κ1) is 40.1. The predicted molar refractivity (Wildman–Crippen MR) is 299 cm³/mol. The quantitative estimate of drug-likeness (QED) is 0.107. The average molecular weight is 908 g/mol. The first-order chi connectivity index (χ1) is 34.8. The van der Waals surface area contributed by atoms with Gasteiger partial charge in [0.2, 0.25) is 0 Å². The largest absolute Gasteiger partial charge is 0.309 e. The fraction of sp³-hybridized carbons (Fsp3) is 0. The van der Waals surface area contributed by atoms with E-state index in [4.69, 9.17) is 0 Å². The molecule has 3 nitrogen and oxygen atoms in total. The minimum Gasteiger partial charge on any atom is -0.309 e. The summed E-state index contributed by atoms with van der Waals surface area (Å²) in [7, 11) is -3.13. The van der Waals surface area contributed by atoms with Crippen molar-refractivity contribution >= 4 is 94.2 Å². The van der Waals surface area contributed by atoms with Crippen molar-refractivity contribution in [2.24, 2.45) is 0 Å². The van der Waals surface area contributed by atoms with Crippen LogP contribution in [0.25, 0.3) is 93.6 Å². The molecule has 0 N–H and O–H groups in total. The van der Waals surface area contributed by atoms with Crippen LogP contribution in [0.2, 0.25) is 0 Å². The van der Waals surface area contributed by atoms with Crippen LogP contribution in [0.3, 0.4) is 0 Å². The van der Waals surface area contributed by atoms with Crippen LogP contribution < -0.4 is 20.7 Å². The van der Waals surface area contributed by atoms with Gasteiger partial charge in [-0.25, -0.2) is 0 Å². The molecule has 0 saturated carbocycles.